The second-order valence-corrected chi connectivity index (χ2v) is 6.51. The van der Waals surface area contributed by atoms with Gasteiger partial charge in [-0.2, -0.15) is 5.26 Å². The molecule has 2 atom stereocenters. The SMILES string of the molecule is CCC(C1CCCC1)C(C#N)(C(=O)OC)C1CCCC1. The van der Waals surface area contributed by atoms with Crippen molar-refractivity contribution in [3.05, 3.63) is 0 Å². The molecule has 2 unspecified atom stereocenters. The number of carbonyl (C=O) groups is 1. The third kappa shape index (κ3) is 2.45. The zero-order valence-electron chi connectivity index (χ0n) is 12.9. The maximum absolute atomic E-state index is 12.6. The van der Waals surface area contributed by atoms with E-state index in [0.29, 0.717) is 5.92 Å². The highest BCUT2D eigenvalue weighted by molar-refractivity contribution is 5.81. The van der Waals surface area contributed by atoms with Gasteiger partial charge >= 0.3 is 5.97 Å². The van der Waals surface area contributed by atoms with Crippen molar-refractivity contribution in [1.29, 1.82) is 5.26 Å². The van der Waals surface area contributed by atoms with Gasteiger partial charge in [-0.05, 0) is 30.6 Å². The monoisotopic (exact) mass is 277 g/mol. The minimum atomic E-state index is -0.894. The Morgan fingerprint density at radius 3 is 2.25 bits per heavy atom. The molecule has 2 fully saturated rings. The maximum Gasteiger partial charge on any atom is 0.326 e. The van der Waals surface area contributed by atoms with Gasteiger partial charge in [-0.3, -0.25) is 4.79 Å². The lowest BCUT2D eigenvalue weighted by Gasteiger charge is -2.40. The van der Waals surface area contributed by atoms with Gasteiger partial charge in [0.05, 0.1) is 13.2 Å². The summed E-state index contributed by atoms with van der Waals surface area (Å²) in [6, 6.07) is 2.46. The predicted octanol–water partition coefficient (Wildman–Crippen LogP) is 4.08. The number of ether oxygens (including phenoxy) is 1. The summed E-state index contributed by atoms with van der Waals surface area (Å²) in [5.74, 6) is 0.626. The molecule has 3 nitrogen and oxygen atoms in total. The Hall–Kier alpha value is -1.04. The predicted molar refractivity (Wildman–Crippen MR) is 77.8 cm³/mol. The molecule has 2 aliphatic rings. The fourth-order valence-corrected chi connectivity index (χ4v) is 4.78. The number of methoxy groups -OCH3 is 1. The summed E-state index contributed by atoms with van der Waals surface area (Å²) in [4.78, 5) is 12.6. The van der Waals surface area contributed by atoms with Crippen molar-refractivity contribution in [1.82, 2.24) is 0 Å². The van der Waals surface area contributed by atoms with E-state index in [0.717, 1.165) is 32.1 Å². The van der Waals surface area contributed by atoms with Crippen LogP contribution in [0.2, 0.25) is 0 Å². The molecule has 2 aliphatic carbocycles. The van der Waals surface area contributed by atoms with Crippen LogP contribution in [0.25, 0.3) is 0 Å². The van der Waals surface area contributed by atoms with Crippen LogP contribution >= 0.6 is 0 Å². The summed E-state index contributed by atoms with van der Waals surface area (Å²) in [5.41, 5.74) is -0.894. The minimum absolute atomic E-state index is 0.172. The minimum Gasteiger partial charge on any atom is -0.468 e. The van der Waals surface area contributed by atoms with E-state index in [1.807, 2.05) is 0 Å². The van der Waals surface area contributed by atoms with Crippen molar-refractivity contribution in [3.8, 4) is 6.07 Å². The molecule has 3 heteroatoms. The smallest absolute Gasteiger partial charge is 0.326 e. The average molecular weight is 277 g/mol. The first-order chi connectivity index (χ1) is 9.70. The Morgan fingerprint density at radius 2 is 1.80 bits per heavy atom. The normalized spacial score (nSPS) is 25.1. The largest absolute Gasteiger partial charge is 0.468 e. The molecule has 2 saturated carbocycles. The Bertz CT molecular complexity index is 375. The van der Waals surface area contributed by atoms with E-state index in [9.17, 15) is 10.1 Å². The van der Waals surface area contributed by atoms with Crippen molar-refractivity contribution < 1.29 is 9.53 Å². The molecule has 0 aromatic heterocycles. The van der Waals surface area contributed by atoms with Crippen molar-refractivity contribution in [2.24, 2.45) is 23.2 Å². The molecule has 2 rings (SSSR count). The Morgan fingerprint density at radius 1 is 1.25 bits per heavy atom. The van der Waals surface area contributed by atoms with Crippen molar-refractivity contribution >= 4 is 5.97 Å². The quantitative estimate of drug-likeness (QED) is 0.711. The van der Waals surface area contributed by atoms with Gasteiger partial charge in [0.15, 0.2) is 5.41 Å². The van der Waals surface area contributed by atoms with Gasteiger partial charge < -0.3 is 4.74 Å². The molecule has 0 aromatic carbocycles. The number of rotatable bonds is 5. The first kappa shape index (κ1) is 15.4. The first-order valence-corrected chi connectivity index (χ1v) is 8.20. The zero-order valence-corrected chi connectivity index (χ0v) is 12.9. The van der Waals surface area contributed by atoms with Crippen LogP contribution in [0.3, 0.4) is 0 Å². The van der Waals surface area contributed by atoms with Gasteiger partial charge in [0.25, 0.3) is 0 Å². The Kier molecular flexibility index (Phi) is 5.07. The summed E-state index contributed by atoms with van der Waals surface area (Å²) in [6.07, 6.45) is 10.0. The fourth-order valence-electron chi connectivity index (χ4n) is 4.78. The summed E-state index contributed by atoms with van der Waals surface area (Å²) in [5, 5.41) is 9.95. The molecule has 0 spiro atoms. The molecular formula is C17H27NO2. The second-order valence-electron chi connectivity index (χ2n) is 6.51. The van der Waals surface area contributed by atoms with E-state index in [4.69, 9.17) is 4.74 Å². The van der Waals surface area contributed by atoms with E-state index in [2.05, 4.69) is 13.0 Å². The number of carbonyl (C=O) groups excluding carboxylic acids is 1. The molecular weight excluding hydrogens is 250 g/mol. The van der Waals surface area contributed by atoms with Crippen molar-refractivity contribution in [2.75, 3.05) is 7.11 Å². The molecule has 0 bridgehead atoms. The highest BCUT2D eigenvalue weighted by atomic mass is 16.5. The van der Waals surface area contributed by atoms with E-state index < -0.39 is 5.41 Å². The first-order valence-electron chi connectivity index (χ1n) is 8.20. The third-order valence-corrected chi connectivity index (χ3v) is 5.70. The van der Waals surface area contributed by atoms with E-state index >= 15 is 0 Å². The Balaban J connectivity index is 2.36. The van der Waals surface area contributed by atoms with E-state index in [1.54, 1.807) is 0 Å². The van der Waals surface area contributed by atoms with Crippen LogP contribution in [-0.2, 0) is 9.53 Å². The Labute approximate surface area is 122 Å². The van der Waals surface area contributed by atoms with Gasteiger partial charge in [0.2, 0.25) is 0 Å². The lowest BCUT2D eigenvalue weighted by Crippen LogP contribution is -2.46. The zero-order chi connectivity index (χ0) is 14.6. The molecule has 112 valence electrons. The van der Waals surface area contributed by atoms with Gasteiger partial charge in [-0.25, -0.2) is 0 Å². The fraction of sp³-hybridized carbons (Fsp3) is 0.882. The van der Waals surface area contributed by atoms with Gasteiger partial charge in [-0.1, -0.05) is 51.9 Å². The van der Waals surface area contributed by atoms with Gasteiger partial charge in [-0.15, -0.1) is 0 Å². The molecule has 20 heavy (non-hydrogen) atoms. The summed E-state index contributed by atoms with van der Waals surface area (Å²) < 4.78 is 5.10. The van der Waals surface area contributed by atoms with Crippen LogP contribution < -0.4 is 0 Å². The topological polar surface area (TPSA) is 50.1 Å². The summed E-state index contributed by atoms with van der Waals surface area (Å²) in [7, 11) is 1.44. The molecule has 0 aliphatic heterocycles. The molecule has 0 saturated heterocycles. The molecule has 0 N–H and O–H groups in total. The third-order valence-electron chi connectivity index (χ3n) is 5.70. The van der Waals surface area contributed by atoms with Crippen molar-refractivity contribution in [2.45, 2.75) is 64.7 Å². The number of esters is 1. The molecule has 0 radical (unpaired) electrons. The molecule has 0 amide bonds. The van der Waals surface area contributed by atoms with Crippen LogP contribution in [-0.4, -0.2) is 13.1 Å². The highest BCUT2D eigenvalue weighted by Gasteiger charge is 2.55. The highest BCUT2D eigenvalue weighted by Crippen LogP contribution is 2.52. The second kappa shape index (κ2) is 6.61. The number of nitrogens with zero attached hydrogens (tertiary/aromatic N) is 1. The van der Waals surface area contributed by atoms with Crippen LogP contribution in [0.4, 0.5) is 0 Å². The van der Waals surface area contributed by atoms with E-state index in [-0.39, 0.29) is 17.8 Å². The van der Waals surface area contributed by atoms with Crippen molar-refractivity contribution in [3.63, 3.8) is 0 Å². The van der Waals surface area contributed by atoms with Gasteiger partial charge in [0, 0.05) is 0 Å². The number of hydrogen-bond acceptors (Lipinski definition) is 3. The van der Waals surface area contributed by atoms with Crippen LogP contribution in [0.5, 0.6) is 0 Å². The number of nitriles is 1. The lowest BCUT2D eigenvalue weighted by molar-refractivity contribution is -0.157. The van der Waals surface area contributed by atoms with Gasteiger partial charge in [0.1, 0.15) is 0 Å². The maximum atomic E-state index is 12.6. The molecule has 0 aromatic rings. The lowest BCUT2D eigenvalue weighted by atomic mass is 9.61. The number of hydrogen-bond donors (Lipinski definition) is 0. The van der Waals surface area contributed by atoms with Crippen LogP contribution in [0.1, 0.15) is 64.7 Å². The summed E-state index contributed by atoms with van der Waals surface area (Å²) in [6.45, 7) is 2.13. The average Bonchev–Trinajstić information content (AvgIpc) is 3.16. The van der Waals surface area contributed by atoms with Crippen LogP contribution in [0, 0.1) is 34.5 Å². The van der Waals surface area contributed by atoms with E-state index in [1.165, 1.54) is 32.8 Å². The van der Waals surface area contributed by atoms with Crippen LogP contribution in [0.15, 0.2) is 0 Å². The summed E-state index contributed by atoms with van der Waals surface area (Å²) >= 11 is 0. The molecule has 0 heterocycles. The standard InChI is InChI=1S/C17H27NO2/c1-3-15(13-8-4-5-9-13)17(12-18,16(19)20-2)14-10-6-7-11-14/h13-15H,3-11H2,1-2H3.